The van der Waals surface area contributed by atoms with Crippen molar-refractivity contribution in [1.29, 1.82) is 0 Å². The Morgan fingerprint density at radius 3 is 2.58 bits per heavy atom. The molecule has 4 N–H and O–H groups in total. The molecule has 0 aliphatic rings. The second-order valence-electron chi connectivity index (χ2n) is 7.27. The lowest BCUT2D eigenvalue weighted by Crippen LogP contribution is -2.56. The fourth-order valence-electron chi connectivity index (χ4n) is 2.40. The smallest absolute Gasteiger partial charge is 0.220 e. The molecule has 1 aromatic carbocycles. The van der Waals surface area contributed by atoms with Crippen molar-refractivity contribution in [2.75, 3.05) is 19.7 Å². The van der Waals surface area contributed by atoms with Gasteiger partial charge in [0.25, 0.3) is 0 Å². The third-order valence-electron chi connectivity index (χ3n) is 4.59. The van der Waals surface area contributed by atoms with E-state index < -0.39 is 11.0 Å². The van der Waals surface area contributed by atoms with Crippen LogP contribution in [0.2, 0.25) is 0 Å². The quantitative estimate of drug-likeness (QED) is 0.433. The summed E-state index contributed by atoms with van der Waals surface area (Å²) in [6.07, 6.45) is 0.906. The van der Waals surface area contributed by atoms with Crippen LogP contribution in [-0.4, -0.2) is 53.7 Å². The summed E-state index contributed by atoms with van der Waals surface area (Å²) in [6.45, 7) is 4.92. The Kier molecular flexibility index (Phi) is 8.33. The average molecular weight is 368 g/mol. The van der Waals surface area contributed by atoms with Gasteiger partial charge in [-0.1, -0.05) is 32.0 Å². The van der Waals surface area contributed by atoms with E-state index in [0.717, 1.165) is 0 Å². The molecule has 0 unspecified atom stereocenters. The summed E-state index contributed by atoms with van der Waals surface area (Å²) in [5.41, 5.74) is -2.21. The summed E-state index contributed by atoms with van der Waals surface area (Å²) in [7, 11) is 0. The number of aliphatic hydroxyl groups excluding tert-OH is 1. The molecular weight excluding hydrogens is 339 g/mol. The maximum Gasteiger partial charge on any atom is 0.220 e. The Balaban J connectivity index is 2.39. The van der Waals surface area contributed by atoms with Crippen LogP contribution in [-0.2, 0) is 16.0 Å². The Hall–Kier alpha value is -1.83. The normalized spacial score (nSPS) is 15.2. The van der Waals surface area contributed by atoms with Crippen LogP contribution in [0, 0.1) is 11.2 Å². The van der Waals surface area contributed by atoms with Crippen molar-refractivity contribution in [2.45, 2.75) is 45.3 Å². The predicted molar refractivity (Wildman–Crippen MR) is 97.1 cm³/mol. The van der Waals surface area contributed by atoms with Crippen molar-refractivity contribution in [3.05, 3.63) is 35.6 Å². The summed E-state index contributed by atoms with van der Waals surface area (Å²) < 4.78 is 13.5. The zero-order valence-corrected chi connectivity index (χ0v) is 15.6. The van der Waals surface area contributed by atoms with Crippen molar-refractivity contribution in [1.82, 2.24) is 10.6 Å². The van der Waals surface area contributed by atoms with E-state index in [0.29, 0.717) is 24.8 Å². The zero-order valence-electron chi connectivity index (χ0n) is 15.6. The molecule has 2 atom stereocenters. The Bertz CT molecular complexity index is 609. The molecule has 1 rings (SSSR count). The number of carbonyl (C=O) groups excluding carboxylic acids is 2. The number of amides is 1. The second-order valence-corrected chi connectivity index (χ2v) is 7.27. The van der Waals surface area contributed by atoms with Gasteiger partial charge in [-0.05, 0) is 25.0 Å². The highest BCUT2D eigenvalue weighted by atomic mass is 19.1. The van der Waals surface area contributed by atoms with Gasteiger partial charge in [0.2, 0.25) is 5.91 Å². The van der Waals surface area contributed by atoms with Gasteiger partial charge in [0.1, 0.15) is 11.4 Å². The molecule has 0 bridgehead atoms. The monoisotopic (exact) mass is 368 g/mol. The van der Waals surface area contributed by atoms with E-state index in [1.165, 1.54) is 6.07 Å². The van der Waals surface area contributed by atoms with E-state index in [2.05, 4.69) is 10.6 Å². The maximum absolute atomic E-state index is 13.5. The first-order valence-corrected chi connectivity index (χ1v) is 8.68. The van der Waals surface area contributed by atoms with Crippen molar-refractivity contribution in [3.63, 3.8) is 0 Å². The molecule has 7 heteroatoms. The number of hydrogen-bond acceptors (Lipinski definition) is 5. The Morgan fingerprint density at radius 2 is 2.00 bits per heavy atom. The summed E-state index contributed by atoms with van der Waals surface area (Å²) in [5, 5.41) is 25.4. The summed E-state index contributed by atoms with van der Waals surface area (Å²) >= 11 is 0. The fourth-order valence-corrected chi connectivity index (χ4v) is 2.40. The standard InChI is InChI=1S/C19H29FN2O4/c1-14(10-21-11-19(26,13-24)18(2,3)12-23)22-17(25)9-8-15-6-4-5-7-16(15)20/h4-7,13-14,21,23,26H,8-12H2,1-3H3,(H,22,25)/t14-,19+/m1/s1. The lowest BCUT2D eigenvalue weighted by molar-refractivity contribution is -0.140. The number of hydrogen-bond donors (Lipinski definition) is 4. The molecule has 1 aromatic rings. The highest BCUT2D eigenvalue weighted by Crippen LogP contribution is 2.28. The van der Waals surface area contributed by atoms with Crippen molar-refractivity contribution in [2.24, 2.45) is 5.41 Å². The molecular formula is C19H29FN2O4. The third kappa shape index (κ3) is 6.16. The van der Waals surface area contributed by atoms with E-state index in [-0.39, 0.29) is 37.3 Å². The van der Waals surface area contributed by atoms with E-state index in [9.17, 15) is 24.2 Å². The van der Waals surface area contributed by atoms with Gasteiger partial charge in [-0.3, -0.25) is 4.79 Å². The van der Waals surface area contributed by atoms with Gasteiger partial charge in [0.15, 0.2) is 6.29 Å². The van der Waals surface area contributed by atoms with Crippen LogP contribution < -0.4 is 10.6 Å². The maximum atomic E-state index is 13.5. The number of aliphatic hydroxyl groups is 2. The molecule has 0 spiro atoms. The molecule has 26 heavy (non-hydrogen) atoms. The van der Waals surface area contributed by atoms with Gasteiger partial charge in [0.05, 0.1) is 6.61 Å². The van der Waals surface area contributed by atoms with E-state index in [1.54, 1.807) is 39.0 Å². The third-order valence-corrected chi connectivity index (χ3v) is 4.59. The number of carbonyl (C=O) groups is 2. The van der Waals surface area contributed by atoms with Crippen LogP contribution >= 0.6 is 0 Å². The average Bonchev–Trinajstić information content (AvgIpc) is 2.60. The molecule has 0 saturated carbocycles. The van der Waals surface area contributed by atoms with E-state index in [1.807, 2.05) is 0 Å². The largest absolute Gasteiger partial charge is 0.396 e. The lowest BCUT2D eigenvalue weighted by Gasteiger charge is -2.37. The Labute approximate surface area is 153 Å². The molecule has 146 valence electrons. The second kappa shape index (κ2) is 9.75. The molecule has 0 fully saturated rings. The first-order valence-electron chi connectivity index (χ1n) is 8.68. The van der Waals surface area contributed by atoms with Crippen LogP contribution in [0.1, 0.15) is 32.8 Å². The molecule has 0 aromatic heterocycles. The van der Waals surface area contributed by atoms with Crippen LogP contribution in [0.3, 0.4) is 0 Å². The SMILES string of the molecule is C[C@H](CNC[C@](O)(C=O)C(C)(C)CO)NC(=O)CCc1ccccc1F. The van der Waals surface area contributed by atoms with Gasteiger partial charge < -0.3 is 25.6 Å². The summed E-state index contributed by atoms with van der Waals surface area (Å²) in [4.78, 5) is 23.2. The molecule has 6 nitrogen and oxygen atoms in total. The van der Waals surface area contributed by atoms with Crippen LogP contribution in [0.5, 0.6) is 0 Å². The highest BCUT2D eigenvalue weighted by molar-refractivity contribution is 5.76. The van der Waals surface area contributed by atoms with Gasteiger partial charge in [-0.2, -0.15) is 0 Å². The minimum atomic E-state index is -1.71. The van der Waals surface area contributed by atoms with E-state index >= 15 is 0 Å². The number of nitrogens with one attached hydrogen (secondary N) is 2. The van der Waals surface area contributed by atoms with Crippen molar-refractivity contribution < 1.29 is 24.2 Å². The fraction of sp³-hybridized carbons (Fsp3) is 0.579. The predicted octanol–water partition coefficient (Wildman–Crippen LogP) is 0.801. The molecule has 0 radical (unpaired) electrons. The number of aryl methyl sites for hydroxylation is 1. The molecule has 0 aliphatic heterocycles. The number of halogens is 1. The van der Waals surface area contributed by atoms with Crippen LogP contribution in [0.25, 0.3) is 0 Å². The molecule has 1 amide bonds. The Morgan fingerprint density at radius 1 is 1.35 bits per heavy atom. The van der Waals surface area contributed by atoms with Crippen LogP contribution in [0.4, 0.5) is 4.39 Å². The van der Waals surface area contributed by atoms with Crippen molar-refractivity contribution >= 4 is 12.2 Å². The van der Waals surface area contributed by atoms with Crippen LogP contribution in [0.15, 0.2) is 24.3 Å². The van der Waals surface area contributed by atoms with Gasteiger partial charge in [-0.15, -0.1) is 0 Å². The number of benzene rings is 1. The first kappa shape index (κ1) is 22.2. The minimum Gasteiger partial charge on any atom is -0.396 e. The summed E-state index contributed by atoms with van der Waals surface area (Å²) in [6, 6.07) is 6.10. The minimum absolute atomic E-state index is 0.0422. The van der Waals surface area contributed by atoms with E-state index in [4.69, 9.17) is 0 Å². The van der Waals surface area contributed by atoms with Gasteiger partial charge >= 0.3 is 0 Å². The molecule has 0 saturated heterocycles. The highest BCUT2D eigenvalue weighted by Gasteiger charge is 2.42. The summed E-state index contributed by atoms with van der Waals surface area (Å²) in [5.74, 6) is -0.529. The number of aldehydes is 1. The zero-order chi connectivity index (χ0) is 19.8. The lowest BCUT2D eigenvalue weighted by atomic mass is 9.76. The van der Waals surface area contributed by atoms with Crippen molar-refractivity contribution in [3.8, 4) is 0 Å². The first-order chi connectivity index (χ1) is 12.1. The molecule has 0 aliphatic carbocycles. The topological polar surface area (TPSA) is 98.7 Å². The molecule has 0 heterocycles. The number of rotatable bonds is 11. The van der Waals surface area contributed by atoms with Gasteiger partial charge in [-0.25, -0.2) is 4.39 Å². The van der Waals surface area contributed by atoms with Gasteiger partial charge in [0, 0.05) is 31.0 Å².